The van der Waals surface area contributed by atoms with Crippen LogP contribution in [0.25, 0.3) is 0 Å². The molecule has 2 N–H and O–H groups in total. The van der Waals surface area contributed by atoms with Gasteiger partial charge in [0.05, 0.1) is 0 Å². The van der Waals surface area contributed by atoms with E-state index in [-0.39, 0.29) is 0 Å². The molecule has 0 amide bonds. The SMILES string of the molecule is OCC1CCN(c2ccccc2C[NH+]2Cc3ccccc3C2)CC1. The van der Waals surface area contributed by atoms with Gasteiger partial charge in [0.1, 0.15) is 19.6 Å². The zero-order valence-electron chi connectivity index (χ0n) is 14.2. The van der Waals surface area contributed by atoms with Crippen LogP contribution in [0.3, 0.4) is 0 Å². The van der Waals surface area contributed by atoms with Gasteiger partial charge in [-0.2, -0.15) is 0 Å². The van der Waals surface area contributed by atoms with Crippen molar-refractivity contribution in [2.75, 3.05) is 24.6 Å². The van der Waals surface area contributed by atoms with Gasteiger partial charge in [0.2, 0.25) is 0 Å². The average Bonchev–Trinajstić information content (AvgIpc) is 3.04. The van der Waals surface area contributed by atoms with Crippen molar-refractivity contribution in [3.05, 3.63) is 65.2 Å². The molecule has 2 heterocycles. The average molecular weight is 323 g/mol. The second-order valence-corrected chi connectivity index (χ2v) is 7.29. The van der Waals surface area contributed by atoms with Gasteiger partial charge in [-0.05, 0) is 24.8 Å². The first kappa shape index (κ1) is 15.7. The number of rotatable bonds is 4. The molecule has 0 spiro atoms. The van der Waals surface area contributed by atoms with Gasteiger partial charge in [-0.15, -0.1) is 0 Å². The van der Waals surface area contributed by atoms with Crippen molar-refractivity contribution >= 4 is 5.69 Å². The van der Waals surface area contributed by atoms with Crippen LogP contribution >= 0.6 is 0 Å². The van der Waals surface area contributed by atoms with Crippen LogP contribution in [0.4, 0.5) is 5.69 Å². The molecule has 3 nitrogen and oxygen atoms in total. The van der Waals surface area contributed by atoms with Gasteiger partial charge in [0.15, 0.2) is 0 Å². The van der Waals surface area contributed by atoms with E-state index in [2.05, 4.69) is 53.4 Å². The van der Waals surface area contributed by atoms with Crippen LogP contribution in [0.15, 0.2) is 48.5 Å². The molecule has 0 atom stereocenters. The Morgan fingerprint density at radius 1 is 0.917 bits per heavy atom. The van der Waals surface area contributed by atoms with Gasteiger partial charge < -0.3 is 14.9 Å². The first-order chi connectivity index (χ1) is 11.8. The summed E-state index contributed by atoms with van der Waals surface area (Å²) in [6, 6.07) is 17.7. The largest absolute Gasteiger partial charge is 0.396 e. The maximum Gasteiger partial charge on any atom is 0.105 e. The highest BCUT2D eigenvalue weighted by molar-refractivity contribution is 5.53. The fraction of sp³-hybridized carbons (Fsp3) is 0.429. The monoisotopic (exact) mass is 323 g/mol. The predicted molar refractivity (Wildman–Crippen MR) is 97.0 cm³/mol. The third-order valence-electron chi connectivity index (χ3n) is 5.64. The van der Waals surface area contributed by atoms with E-state index in [1.54, 1.807) is 4.90 Å². The molecule has 0 aromatic heterocycles. The summed E-state index contributed by atoms with van der Waals surface area (Å²) < 4.78 is 0. The van der Waals surface area contributed by atoms with Gasteiger partial charge in [0, 0.05) is 42.1 Å². The Hall–Kier alpha value is -1.84. The van der Waals surface area contributed by atoms with Crippen LogP contribution in [-0.2, 0) is 19.6 Å². The number of hydrogen-bond acceptors (Lipinski definition) is 2. The molecule has 0 bridgehead atoms. The first-order valence-corrected chi connectivity index (χ1v) is 9.17. The van der Waals surface area contributed by atoms with Gasteiger partial charge in [-0.1, -0.05) is 42.5 Å². The van der Waals surface area contributed by atoms with E-state index < -0.39 is 0 Å². The lowest BCUT2D eigenvalue weighted by Crippen LogP contribution is -3.06. The number of fused-ring (bicyclic) bond motifs is 1. The fourth-order valence-corrected chi connectivity index (χ4v) is 4.22. The van der Waals surface area contributed by atoms with Gasteiger partial charge >= 0.3 is 0 Å². The lowest BCUT2D eigenvalue weighted by Gasteiger charge is -2.34. The Kier molecular flexibility index (Phi) is 4.54. The van der Waals surface area contributed by atoms with Crippen LogP contribution in [0.1, 0.15) is 29.5 Å². The van der Waals surface area contributed by atoms with Crippen molar-refractivity contribution in [3.8, 4) is 0 Å². The molecule has 1 saturated heterocycles. The highest BCUT2D eigenvalue weighted by Gasteiger charge is 2.25. The Balaban J connectivity index is 1.47. The second-order valence-electron chi connectivity index (χ2n) is 7.29. The van der Waals surface area contributed by atoms with E-state index in [4.69, 9.17) is 0 Å². The van der Waals surface area contributed by atoms with Crippen molar-refractivity contribution in [3.63, 3.8) is 0 Å². The Morgan fingerprint density at radius 2 is 1.54 bits per heavy atom. The molecular weight excluding hydrogens is 296 g/mol. The summed E-state index contributed by atoms with van der Waals surface area (Å²) in [5.74, 6) is 0.493. The highest BCUT2D eigenvalue weighted by Crippen LogP contribution is 2.26. The number of quaternary nitrogens is 1. The number of para-hydroxylation sites is 1. The maximum absolute atomic E-state index is 9.36. The van der Waals surface area contributed by atoms with Gasteiger partial charge in [0.25, 0.3) is 0 Å². The van der Waals surface area contributed by atoms with E-state index in [0.29, 0.717) is 12.5 Å². The molecule has 0 aliphatic carbocycles. The third-order valence-corrected chi connectivity index (χ3v) is 5.64. The minimum Gasteiger partial charge on any atom is -0.396 e. The molecule has 2 aliphatic heterocycles. The fourth-order valence-electron chi connectivity index (χ4n) is 4.22. The van der Waals surface area contributed by atoms with Crippen molar-refractivity contribution < 1.29 is 10.0 Å². The number of benzene rings is 2. The van der Waals surface area contributed by atoms with Crippen LogP contribution < -0.4 is 9.80 Å². The topological polar surface area (TPSA) is 27.9 Å². The van der Waals surface area contributed by atoms with E-state index in [1.807, 2.05) is 0 Å². The minimum atomic E-state index is 0.339. The van der Waals surface area contributed by atoms with Crippen LogP contribution in [0, 0.1) is 5.92 Å². The minimum absolute atomic E-state index is 0.339. The van der Waals surface area contributed by atoms with Gasteiger partial charge in [-0.25, -0.2) is 0 Å². The number of hydrogen-bond donors (Lipinski definition) is 2. The van der Waals surface area contributed by atoms with Crippen molar-refractivity contribution in [2.45, 2.75) is 32.5 Å². The molecule has 0 radical (unpaired) electrons. The van der Waals surface area contributed by atoms with Crippen LogP contribution in [0.5, 0.6) is 0 Å². The van der Waals surface area contributed by atoms with Crippen molar-refractivity contribution in [1.29, 1.82) is 0 Å². The third kappa shape index (κ3) is 3.19. The number of anilines is 1. The summed E-state index contributed by atoms with van der Waals surface area (Å²) in [5.41, 5.74) is 5.88. The Bertz CT molecular complexity index is 667. The standard InChI is InChI=1S/C21H26N2O/c24-16-17-9-11-23(12-10-17)21-8-4-3-7-20(21)15-22-13-18-5-1-2-6-19(18)14-22/h1-8,17,24H,9-16H2/p+1. The summed E-state index contributed by atoms with van der Waals surface area (Å²) in [6.45, 7) is 5.83. The molecular formula is C21H27N2O+. The lowest BCUT2D eigenvalue weighted by atomic mass is 9.97. The maximum atomic E-state index is 9.36. The quantitative estimate of drug-likeness (QED) is 0.901. The molecule has 2 aliphatic rings. The van der Waals surface area contributed by atoms with Crippen molar-refractivity contribution in [1.82, 2.24) is 0 Å². The number of aliphatic hydroxyl groups excluding tert-OH is 1. The highest BCUT2D eigenvalue weighted by atomic mass is 16.3. The molecule has 3 heteroatoms. The molecule has 4 rings (SSSR count). The summed E-state index contributed by atoms with van der Waals surface area (Å²) in [5, 5.41) is 9.36. The molecule has 0 saturated carbocycles. The van der Waals surface area contributed by atoms with E-state index in [1.165, 1.54) is 22.4 Å². The predicted octanol–water partition coefficient (Wildman–Crippen LogP) is 1.99. The Morgan fingerprint density at radius 3 is 2.21 bits per heavy atom. The zero-order chi connectivity index (χ0) is 16.4. The summed E-state index contributed by atoms with van der Waals surface area (Å²) >= 11 is 0. The molecule has 126 valence electrons. The number of aliphatic hydroxyl groups is 1. The van der Waals surface area contributed by atoms with Crippen LogP contribution in [-0.4, -0.2) is 24.8 Å². The summed E-state index contributed by atoms with van der Waals surface area (Å²) in [4.78, 5) is 4.15. The lowest BCUT2D eigenvalue weighted by molar-refractivity contribution is -0.934. The molecule has 0 unspecified atom stereocenters. The molecule has 24 heavy (non-hydrogen) atoms. The van der Waals surface area contributed by atoms with Crippen LogP contribution in [0.2, 0.25) is 0 Å². The van der Waals surface area contributed by atoms with E-state index in [0.717, 1.165) is 45.6 Å². The Labute approximate surface area is 144 Å². The molecule has 2 aromatic carbocycles. The number of nitrogens with zero attached hydrogens (tertiary/aromatic N) is 1. The normalized spacial score (nSPS) is 18.8. The zero-order valence-corrected chi connectivity index (χ0v) is 14.2. The molecule has 2 aromatic rings. The van der Waals surface area contributed by atoms with Crippen molar-refractivity contribution in [2.24, 2.45) is 5.92 Å². The van der Waals surface area contributed by atoms with E-state index >= 15 is 0 Å². The smallest absolute Gasteiger partial charge is 0.105 e. The molecule has 1 fully saturated rings. The van der Waals surface area contributed by atoms with Gasteiger partial charge in [-0.3, -0.25) is 0 Å². The van der Waals surface area contributed by atoms with E-state index in [9.17, 15) is 5.11 Å². The second kappa shape index (κ2) is 6.96. The summed E-state index contributed by atoms with van der Waals surface area (Å²) in [7, 11) is 0. The first-order valence-electron chi connectivity index (χ1n) is 9.17. The number of piperidine rings is 1. The summed E-state index contributed by atoms with van der Waals surface area (Å²) in [6.07, 6.45) is 2.21. The number of nitrogens with one attached hydrogen (secondary N) is 1.